The molecular formula is C16H26O6. The van der Waals surface area contributed by atoms with E-state index in [-0.39, 0.29) is 0 Å². The molecule has 6 heteroatoms. The summed E-state index contributed by atoms with van der Waals surface area (Å²) in [5.41, 5.74) is 0. The summed E-state index contributed by atoms with van der Waals surface area (Å²) in [5.74, 6) is 1.90. The van der Waals surface area contributed by atoms with Gasteiger partial charge in [0.25, 0.3) is 0 Å². The Morgan fingerprint density at radius 3 is 2.23 bits per heavy atom. The molecule has 0 amide bonds. The molecule has 0 saturated heterocycles. The number of rotatable bonds is 12. The Bertz CT molecular complexity index is 421. The monoisotopic (exact) mass is 314 g/mol. The molecule has 0 bridgehead atoms. The molecule has 22 heavy (non-hydrogen) atoms. The van der Waals surface area contributed by atoms with Crippen molar-refractivity contribution in [2.45, 2.75) is 40.0 Å². The summed E-state index contributed by atoms with van der Waals surface area (Å²) in [6.07, 6.45) is 2.77. The second kappa shape index (κ2) is 11.0. The lowest BCUT2D eigenvalue weighted by Crippen LogP contribution is -2.06. The highest BCUT2D eigenvalue weighted by Crippen LogP contribution is 2.44. The summed E-state index contributed by atoms with van der Waals surface area (Å²) >= 11 is 0. The van der Waals surface area contributed by atoms with Gasteiger partial charge in [-0.25, -0.2) is 0 Å². The van der Waals surface area contributed by atoms with Crippen LogP contribution in [0.1, 0.15) is 40.0 Å². The Morgan fingerprint density at radius 1 is 0.864 bits per heavy atom. The Hall–Kier alpha value is -1.66. The quantitative estimate of drug-likeness (QED) is 0.331. The third-order valence-electron chi connectivity index (χ3n) is 2.75. The van der Waals surface area contributed by atoms with Crippen molar-refractivity contribution >= 4 is 0 Å². The van der Waals surface area contributed by atoms with E-state index in [2.05, 4.69) is 6.92 Å². The molecule has 0 atom stereocenters. The van der Waals surface area contributed by atoms with Crippen LogP contribution in [0, 0.1) is 0 Å². The maximum atomic E-state index is 5.73. The molecule has 0 aliphatic heterocycles. The van der Waals surface area contributed by atoms with Crippen LogP contribution in [0.5, 0.6) is 23.0 Å². The van der Waals surface area contributed by atoms with Gasteiger partial charge in [0.05, 0.1) is 26.9 Å². The number of hydrogen-bond donors (Lipinski definition) is 0. The van der Waals surface area contributed by atoms with Crippen molar-refractivity contribution in [1.29, 1.82) is 0 Å². The van der Waals surface area contributed by atoms with Gasteiger partial charge in [0, 0.05) is 0 Å². The van der Waals surface area contributed by atoms with E-state index < -0.39 is 0 Å². The third-order valence-corrected chi connectivity index (χ3v) is 2.75. The molecule has 6 nitrogen and oxygen atoms in total. The third kappa shape index (κ3) is 5.61. The van der Waals surface area contributed by atoms with Gasteiger partial charge in [-0.2, -0.15) is 4.89 Å². The fourth-order valence-electron chi connectivity index (χ4n) is 1.67. The molecular weight excluding hydrogens is 288 g/mol. The van der Waals surface area contributed by atoms with Crippen LogP contribution in [0.4, 0.5) is 0 Å². The summed E-state index contributed by atoms with van der Waals surface area (Å²) in [7, 11) is 1.58. The van der Waals surface area contributed by atoms with E-state index in [0.29, 0.717) is 42.8 Å². The summed E-state index contributed by atoms with van der Waals surface area (Å²) < 4.78 is 16.6. The van der Waals surface area contributed by atoms with Crippen LogP contribution >= 0.6 is 0 Å². The van der Waals surface area contributed by atoms with E-state index in [1.54, 1.807) is 19.2 Å². The molecule has 126 valence electrons. The lowest BCUT2D eigenvalue weighted by molar-refractivity contribution is -0.466. The van der Waals surface area contributed by atoms with Gasteiger partial charge in [-0.3, -0.25) is 0 Å². The van der Waals surface area contributed by atoms with Crippen molar-refractivity contribution in [3.8, 4) is 23.0 Å². The van der Waals surface area contributed by atoms with Crippen LogP contribution in [-0.4, -0.2) is 26.9 Å². The molecule has 1 aromatic carbocycles. The highest BCUT2D eigenvalue weighted by molar-refractivity contribution is 5.58. The van der Waals surface area contributed by atoms with E-state index in [9.17, 15) is 0 Å². The SMILES string of the molecule is CCCCOOOc1ccc(OC)c(OCC)c1OCCC. The zero-order valence-corrected chi connectivity index (χ0v) is 13.8. The largest absolute Gasteiger partial charge is 0.493 e. The fraction of sp³-hybridized carbons (Fsp3) is 0.625. The molecule has 0 unspecified atom stereocenters. The van der Waals surface area contributed by atoms with Crippen LogP contribution in [0.3, 0.4) is 0 Å². The molecule has 0 aliphatic rings. The maximum absolute atomic E-state index is 5.73. The van der Waals surface area contributed by atoms with Crippen molar-refractivity contribution in [2.24, 2.45) is 0 Å². The van der Waals surface area contributed by atoms with Crippen LogP contribution in [0.25, 0.3) is 0 Å². The minimum Gasteiger partial charge on any atom is -0.493 e. The van der Waals surface area contributed by atoms with Crippen LogP contribution in [0.2, 0.25) is 0 Å². The Labute approximate surface area is 132 Å². The second-order valence-corrected chi connectivity index (χ2v) is 4.53. The topological polar surface area (TPSA) is 55.4 Å². The summed E-state index contributed by atoms with van der Waals surface area (Å²) in [6, 6.07) is 3.42. The normalized spacial score (nSPS) is 10.4. The van der Waals surface area contributed by atoms with Crippen LogP contribution in [0.15, 0.2) is 12.1 Å². The van der Waals surface area contributed by atoms with E-state index in [0.717, 1.165) is 19.3 Å². The molecule has 1 rings (SSSR count). The van der Waals surface area contributed by atoms with Crippen LogP contribution in [-0.2, 0) is 9.93 Å². The second-order valence-electron chi connectivity index (χ2n) is 4.53. The predicted molar refractivity (Wildman–Crippen MR) is 82.5 cm³/mol. The van der Waals surface area contributed by atoms with Crippen LogP contribution < -0.4 is 19.1 Å². The van der Waals surface area contributed by atoms with E-state index in [1.165, 1.54) is 0 Å². The van der Waals surface area contributed by atoms with Gasteiger partial charge in [0.1, 0.15) is 0 Å². The lowest BCUT2D eigenvalue weighted by Gasteiger charge is -2.17. The minimum absolute atomic E-state index is 0.384. The number of methoxy groups -OCH3 is 1. The van der Waals surface area contributed by atoms with Gasteiger partial charge in [-0.1, -0.05) is 20.3 Å². The fourth-order valence-corrected chi connectivity index (χ4v) is 1.67. The van der Waals surface area contributed by atoms with Crippen molar-refractivity contribution in [2.75, 3.05) is 26.9 Å². The van der Waals surface area contributed by atoms with Gasteiger partial charge < -0.3 is 19.1 Å². The smallest absolute Gasteiger partial charge is 0.214 e. The first-order chi connectivity index (χ1) is 10.8. The minimum atomic E-state index is 0.384. The highest BCUT2D eigenvalue weighted by Gasteiger charge is 2.19. The van der Waals surface area contributed by atoms with Gasteiger partial charge in [0.2, 0.25) is 17.2 Å². The lowest BCUT2D eigenvalue weighted by atomic mass is 10.2. The molecule has 0 saturated carbocycles. The molecule has 0 fully saturated rings. The van der Waals surface area contributed by atoms with Gasteiger partial charge >= 0.3 is 0 Å². The summed E-state index contributed by atoms with van der Waals surface area (Å²) in [5, 5.41) is 4.77. The van der Waals surface area contributed by atoms with Gasteiger partial charge in [0.15, 0.2) is 5.75 Å². The van der Waals surface area contributed by atoms with E-state index >= 15 is 0 Å². The molecule has 0 aliphatic carbocycles. The molecule has 0 radical (unpaired) electrons. The van der Waals surface area contributed by atoms with Crippen molar-refractivity contribution in [3.05, 3.63) is 12.1 Å². The number of ether oxygens (including phenoxy) is 3. The Balaban J connectivity index is 2.86. The average molecular weight is 314 g/mol. The van der Waals surface area contributed by atoms with E-state index in [1.807, 2.05) is 13.8 Å². The van der Waals surface area contributed by atoms with Crippen molar-refractivity contribution < 1.29 is 29.0 Å². The maximum Gasteiger partial charge on any atom is 0.214 e. The standard InChI is InChI=1S/C16H26O6/c1-5-8-12-20-22-21-14-10-9-13(17-4)15(18-7-3)16(14)19-11-6-2/h9-10H,5-8,11-12H2,1-4H3. The first-order valence-corrected chi connectivity index (χ1v) is 7.71. The number of hydrogen-bond acceptors (Lipinski definition) is 6. The zero-order chi connectivity index (χ0) is 16.2. The Kier molecular flexibility index (Phi) is 9.18. The van der Waals surface area contributed by atoms with Gasteiger partial charge in [-0.15, -0.1) is 0 Å². The van der Waals surface area contributed by atoms with Crippen molar-refractivity contribution in [1.82, 2.24) is 0 Å². The first-order valence-electron chi connectivity index (χ1n) is 7.71. The average Bonchev–Trinajstić information content (AvgIpc) is 2.54. The van der Waals surface area contributed by atoms with Gasteiger partial charge in [-0.05, 0) is 36.9 Å². The molecule has 0 N–H and O–H groups in total. The molecule has 0 aromatic heterocycles. The molecule has 1 aromatic rings. The van der Waals surface area contributed by atoms with E-state index in [4.69, 9.17) is 29.0 Å². The zero-order valence-electron chi connectivity index (χ0n) is 13.8. The predicted octanol–water partition coefficient (Wildman–Crippen LogP) is 3.92. The Morgan fingerprint density at radius 2 is 1.59 bits per heavy atom. The highest BCUT2D eigenvalue weighted by atomic mass is 17.5. The first kappa shape index (κ1) is 18.4. The summed E-state index contributed by atoms with van der Waals surface area (Å²) in [4.78, 5) is 10.1. The number of unbranched alkanes of at least 4 members (excludes halogenated alkanes) is 1. The number of benzene rings is 1. The molecule has 0 spiro atoms. The molecule has 0 heterocycles. The summed E-state index contributed by atoms with van der Waals surface area (Å²) in [6.45, 7) is 7.46. The van der Waals surface area contributed by atoms with Crippen molar-refractivity contribution in [3.63, 3.8) is 0 Å².